The summed E-state index contributed by atoms with van der Waals surface area (Å²) in [6, 6.07) is 12.4. The van der Waals surface area contributed by atoms with Crippen LogP contribution in [0, 0.1) is 0 Å². The molecule has 0 radical (unpaired) electrons. The number of halogens is 3. The highest BCUT2D eigenvalue weighted by atomic mass is 19.4. The van der Waals surface area contributed by atoms with E-state index in [2.05, 4.69) is 5.32 Å². The zero-order valence-corrected chi connectivity index (χ0v) is 12.4. The Morgan fingerprint density at radius 2 is 1.74 bits per heavy atom. The van der Waals surface area contributed by atoms with Gasteiger partial charge in [-0.1, -0.05) is 36.4 Å². The van der Waals surface area contributed by atoms with Crippen LogP contribution >= 0.6 is 0 Å². The molecule has 2 aromatic carbocycles. The first-order valence-electron chi connectivity index (χ1n) is 7.51. The van der Waals surface area contributed by atoms with Crippen LogP contribution in [0.25, 0.3) is 0 Å². The Balaban J connectivity index is 1.87. The van der Waals surface area contributed by atoms with Crippen LogP contribution in [0.1, 0.15) is 45.9 Å². The Kier molecular flexibility index (Phi) is 4.11. The van der Waals surface area contributed by atoms with Crippen LogP contribution in [0.2, 0.25) is 0 Å². The molecule has 1 aliphatic carbocycles. The molecule has 1 amide bonds. The van der Waals surface area contributed by atoms with Gasteiger partial charge < -0.3 is 5.32 Å². The van der Waals surface area contributed by atoms with Crippen molar-refractivity contribution >= 4 is 5.91 Å². The zero-order valence-electron chi connectivity index (χ0n) is 12.4. The number of hydrogen-bond donors (Lipinski definition) is 1. The minimum Gasteiger partial charge on any atom is -0.345 e. The van der Waals surface area contributed by atoms with Gasteiger partial charge in [-0.2, -0.15) is 13.2 Å². The lowest BCUT2D eigenvalue weighted by molar-refractivity contribution is -0.137. The van der Waals surface area contributed by atoms with E-state index in [-0.39, 0.29) is 11.6 Å². The quantitative estimate of drug-likeness (QED) is 0.867. The van der Waals surface area contributed by atoms with E-state index >= 15 is 0 Å². The number of amides is 1. The van der Waals surface area contributed by atoms with Crippen molar-refractivity contribution < 1.29 is 18.0 Å². The molecule has 120 valence electrons. The van der Waals surface area contributed by atoms with Gasteiger partial charge in [0, 0.05) is 0 Å². The lowest BCUT2D eigenvalue weighted by Gasteiger charge is -2.26. The molecule has 1 atom stereocenters. The predicted molar refractivity (Wildman–Crippen MR) is 81.0 cm³/mol. The third kappa shape index (κ3) is 3.23. The SMILES string of the molecule is O=C(NC1CCCc2ccccc21)c1ccccc1C(F)(F)F. The van der Waals surface area contributed by atoms with Crippen molar-refractivity contribution in [3.8, 4) is 0 Å². The Bertz CT molecular complexity index is 724. The molecule has 1 N–H and O–H groups in total. The van der Waals surface area contributed by atoms with Gasteiger partial charge in [0.2, 0.25) is 0 Å². The summed E-state index contributed by atoms with van der Waals surface area (Å²) in [5.74, 6) is -0.681. The molecule has 0 heterocycles. The molecule has 2 nitrogen and oxygen atoms in total. The molecule has 1 unspecified atom stereocenters. The highest BCUT2D eigenvalue weighted by molar-refractivity contribution is 5.96. The summed E-state index contributed by atoms with van der Waals surface area (Å²) in [7, 11) is 0. The number of aryl methyl sites for hydroxylation is 1. The molecule has 0 fully saturated rings. The molecule has 0 aromatic heterocycles. The molecule has 5 heteroatoms. The van der Waals surface area contributed by atoms with E-state index in [0.29, 0.717) is 0 Å². The summed E-state index contributed by atoms with van der Waals surface area (Å²) >= 11 is 0. The van der Waals surface area contributed by atoms with Gasteiger partial charge in [0.25, 0.3) is 5.91 Å². The fourth-order valence-corrected chi connectivity index (χ4v) is 3.07. The van der Waals surface area contributed by atoms with Gasteiger partial charge >= 0.3 is 6.18 Å². The number of rotatable bonds is 2. The van der Waals surface area contributed by atoms with E-state index < -0.39 is 17.6 Å². The minimum atomic E-state index is -4.54. The predicted octanol–water partition coefficient (Wildman–Crippen LogP) is 4.51. The molecular formula is C18H16F3NO. The first-order valence-corrected chi connectivity index (χ1v) is 7.51. The van der Waals surface area contributed by atoms with Crippen LogP contribution in [-0.4, -0.2) is 5.91 Å². The van der Waals surface area contributed by atoms with Gasteiger partial charge in [-0.25, -0.2) is 0 Å². The van der Waals surface area contributed by atoms with Crippen LogP contribution in [0.4, 0.5) is 13.2 Å². The zero-order chi connectivity index (χ0) is 16.4. The van der Waals surface area contributed by atoms with Crippen LogP contribution in [0.5, 0.6) is 0 Å². The third-order valence-corrected chi connectivity index (χ3v) is 4.15. The first-order chi connectivity index (χ1) is 11.0. The van der Waals surface area contributed by atoms with Crippen molar-refractivity contribution in [2.75, 3.05) is 0 Å². The van der Waals surface area contributed by atoms with Gasteiger partial charge in [0.15, 0.2) is 0 Å². The number of benzene rings is 2. The monoisotopic (exact) mass is 319 g/mol. The van der Waals surface area contributed by atoms with E-state index in [1.54, 1.807) is 0 Å². The molecule has 23 heavy (non-hydrogen) atoms. The van der Waals surface area contributed by atoms with Crippen molar-refractivity contribution in [2.24, 2.45) is 0 Å². The average Bonchev–Trinajstić information content (AvgIpc) is 2.54. The molecule has 2 aromatic rings. The summed E-state index contributed by atoms with van der Waals surface area (Å²) in [6.07, 6.45) is -1.97. The maximum atomic E-state index is 13.0. The molecule has 3 rings (SSSR count). The topological polar surface area (TPSA) is 29.1 Å². The van der Waals surface area contributed by atoms with E-state index in [9.17, 15) is 18.0 Å². The summed E-state index contributed by atoms with van der Waals surface area (Å²) in [5, 5.41) is 2.76. The largest absolute Gasteiger partial charge is 0.417 e. The minimum absolute atomic E-state index is 0.242. The van der Waals surface area contributed by atoms with E-state index in [1.165, 1.54) is 18.2 Å². The Hall–Kier alpha value is -2.30. The molecule has 0 spiro atoms. The lowest BCUT2D eigenvalue weighted by Crippen LogP contribution is -2.32. The van der Waals surface area contributed by atoms with E-state index in [0.717, 1.165) is 36.5 Å². The van der Waals surface area contributed by atoms with Crippen molar-refractivity contribution in [1.82, 2.24) is 5.32 Å². The number of alkyl halides is 3. The molecule has 0 aliphatic heterocycles. The maximum absolute atomic E-state index is 13.0. The van der Waals surface area contributed by atoms with Crippen LogP contribution < -0.4 is 5.32 Å². The third-order valence-electron chi connectivity index (χ3n) is 4.15. The van der Waals surface area contributed by atoms with Crippen LogP contribution in [0.3, 0.4) is 0 Å². The molecule has 0 saturated carbocycles. The normalized spacial score (nSPS) is 17.4. The fraction of sp³-hybridized carbons (Fsp3) is 0.278. The number of carbonyl (C=O) groups is 1. The van der Waals surface area contributed by atoms with Crippen molar-refractivity contribution in [3.63, 3.8) is 0 Å². The van der Waals surface area contributed by atoms with Gasteiger partial charge in [-0.3, -0.25) is 4.79 Å². The Morgan fingerprint density at radius 1 is 1.04 bits per heavy atom. The number of fused-ring (bicyclic) bond motifs is 1. The number of carbonyl (C=O) groups excluding carboxylic acids is 1. The second-order valence-corrected chi connectivity index (χ2v) is 5.66. The van der Waals surface area contributed by atoms with Crippen LogP contribution in [0.15, 0.2) is 48.5 Å². The summed E-state index contributed by atoms with van der Waals surface area (Å²) in [5.41, 5.74) is 0.911. The standard InChI is InChI=1S/C18H16F3NO/c19-18(20,21)15-10-4-3-9-14(15)17(23)22-16-11-5-7-12-6-1-2-8-13(12)16/h1-4,6,8-10,16H,5,7,11H2,(H,22,23). The molecule has 0 bridgehead atoms. The van der Waals surface area contributed by atoms with Gasteiger partial charge in [-0.05, 0) is 42.5 Å². The van der Waals surface area contributed by atoms with Gasteiger partial charge in [-0.15, -0.1) is 0 Å². The van der Waals surface area contributed by atoms with E-state index in [4.69, 9.17) is 0 Å². The summed E-state index contributed by atoms with van der Waals surface area (Å²) < 4.78 is 39.1. The Labute approximate surface area is 132 Å². The number of hydrogen-bond acceptors (Lipinski definition) is 1. The number of nitrogens with one attached hydrogen (secondary N) is 1. The van der Waals surface area contributed by atoms with Crippen LogP contribution in [-0.2, 0) is 12.6 Å². The summed E-state index contributed by atoms with van der Waals surface area (Å²) in [4.78, 5) is 12.4. The smallest absolute Gasteiger partial charge is 0.345 e. The second-order valence-electron chi connectivity index (χ2n) is 5.66. The highest BCUT2D eigenvalue weighted by Gasteiger charge is 2.35. The average molecular weight is 319 g/mol. The maximum Gasteiger partial charge on any atom is 0.417 e. The lowest BCUT2D eigenvalue weighted by atomic mass is 9.87. The highest BCUT2D eigenvalue weighted by Crippen LogP contribution is 2.33. The fourth-order valence-electron chi connectivity index (χ4n) is 3.07. The van der Waals surface area contributed by atoms with Crippen molar-refractivity contribution in [3.05, 3.63) is 70.8 Å². The van der Waals surface area contributed by atoms with Gasteiger partial charge in [0.1, 0.15) is 0 Å². The second kappa shape index (κ2) is 6.07. The first kappa shape index (κ1) is 15.6. The van der Waals surface area contributed by atoms with Crippen molar-refractivity contribution in [1.29, 1.82) is 0 Å². The van der Waals surface area contributed by atoms with E-state index in [1.807, 2.05) is 24.3 Å². The molecule has 1 aliphatic rings. The molecular weight excluding hydrogens is 303 g/mol. The molecule has 0 saturated heterocycles. The summed E-state index contributed by atoms with van der Waals surface area (Å²) in [6.45, 7) is 0. The van der Waals surface area contributed by atoms with Gasteiger partial charge in [0.05, 0.1) is 17.2 Å². The Morgan fingerprint density at radius 3 is 2.52 bits per heavy atom. The van der Waals surface area contributed by atoms with Crippen molar-refractivity contribution in [2.45, 2.75) is 31.5 Å².